The molecule has 152 valence electrons. The van der Waals surface area contributed by atoms with Crippen molar-refractivity contribution >= 4 is 12.2 Å². The third kappa shape index (κ3) is 8.37. The molecule has 1 aromatic carbocycles. The molecule has 0 spiro atoms. The molecule has 0 aliphatic rings. The minimum atomic E-state index is -1.07. The van der Waals surface area contributed by atoms with Crippen molar-refractivity contribution in [3.63, 3.8) is 0 Å². The highest BCUT2D eigenvalue weighted by Crippen LogP contribution is 2.18. The Morgan fingerprint density at radius 2 is 1.75 bits per heavy atom. The van der Waals surface area contributed by atoms with Crippen LogP contribution in [-0.4, -0.2) is 27.9 Å². The van der Waals surface area contributed by atoms with E-state index in [-0.39, 0.29) is 6.54 Å². The van der Waals surface area contributed by atoms with E-state index in [9.17, 15) is 4.79 Å². The second-order valence-electron chi connectivity index (χ2n) is 6.97. The van der Waals surface area contributed by atoms with Crippen molar-refractivity contribution in [2.24, 2.45) is 0 Å². The van der Waals surface area contributed by atoms with E-state index in [1.54, 1.807) is 12.2 Å². The number of benzene rings is 1. The summed E-state index contributed by atoms with van der Waals surface area (Å²) in [6.07, 6.45) is 13.9. The number of carboxylic acid groups (broad SMARTS) is 1. The number of carbonyl (C=O) groups is 1. The van der Waals surface area contributed by atoms with Gasteiger partial charge in [0.15, 0.2) is 0 Å². The zero-order valence-corrected chi connectivity index (χ0v) is 16.7. The first kappa shape index (κ1) is 21.7. The van der Waals surface area contributed by atoms with Crippen molar-refractivity contribution in [3.8, 4) is 11.4 Å². The number of nitrogens with zero attached hydrogens (tertiary/aromatic N) is 2. The van der Waals surface area contributed by atoms with Crippen LogP contribution in [0.5, 0.6) is 0 Å². The Hall–Kier alpha value is -2.63. The fraction of sp³-hybridized carbons (Fsp3) is 0.500. The molecular weight excluding hydrogens is 354 g/mol. The van der Waals surface area contributed by atoms with Crippen molar-refractivity contribution in [2.45, 2.75) is 64.7 Å². The summed E-state index contributed by atoms with van der Waals surface area (Å²) in [6, 6.07) is 8.29. The summed E-state index contributed by atoms with van der Waals surface area (Å²) in [7, 11) is 0. The number of aryl methyl sites for hydroxylation is 1. The molecule has 0 fully saturated rings. The molecule has 0 unspecified atom stereocenters. The van der Waals surface area contributed by atoms with Gasteiger partial charge in [0.1, 0.15) is 0 Å². The topological polar surface area (TPSA) is 88.2 Å². The predicted molar refractivity (Wildman–Crippen MR) is 111 cm³/mol. The summed E-state index contributed by atoms with van der Waals surface area (Å²) in [5.74, 6) is 0.884. The Morgan fingerprint density at radius 3 is 2.43 bits per heavy atom. The van der Waals surface area contributed by atoms with Crippen molar-refractivity contribution in [1.82, 2.24) is 15.5 Å². The molecule has 6 nitrogen and oxygen atoms in total. The highest BCUT2D eigenvalue weighted by Gasteiger charge is 2.06. The Balaban J connectivity index is 1.71. The fourth-order valence-corrected chi connectivity index (χ4v) is 3.01. The summed E-state index contributed by atoms with van der Waals surface area (Å²) in [5, 5.41) is 14.7. The maximum absolute atomic E-state index is 10.4. The molecule has 0 radical (unpaired) electrons. The second-order valence-corrected chi connectivity index (χ2v) is 6.97. The molecule has 2 rings (SSSR count). The van der Waals surface area contributed by atoms with Crippen molar-refractivity contribution in [2.75, 3.05) is 6.54 Å². The van der Waals surface area contributed by atoms with E-state index in [0.717, 1.165) is 12.0 Å². The second kappa shape index (κ2) is 12.7. The van der Waals surface area contributed by atoms with E-state index >= 15 is 0 Å². The molecule has 0 atom stereocenters. The van der Waals surface area contributed by atoms with Gasteiger partial charge < -0.3 is 14.9 Å². The lowest BCUT2D eigenvalue weighted by Gasteiger charge is -2.03. The van der Waals surface area contributed by atoms with Crippen LogP contribution in [0.2, 0.25) is 0 Å². The minimum absolute atomic E-state index is 0.195. The van der Waals surface area contributed by atoms with Gasteiger partial charge in [0.2, 0.25) is 5.82 Å². The van der Waals surface area contributed by atoms with Gasteiger partial charge in [-0.1, -0.05) is 87.4 Å². The SMILES string of the molecule is CCCCCCCCCCc1ccc(-c2noc(/C=C/CNC(=O)O)n2)cc1. The molecular formula is C22H31N3O3. The molecule has 2 aromatic rings. The number of nitrogens with one attached hydrogen (secondary N) is 1. The largest absolute Gasteiger partial charge is 0.465 e. The van der Waals surface area contributed by atoms with Gasteiger partial charge in [0, 0.05) is 18.2 Å². The molecule has 0 bridgehead atoms. The van der Waals surface area contributed by atoms with Gasteiger partial charge >= 0.3 is 6.09 Å². The van der Waals surface area contributed by atoms with Crippen LogP contribution in [0.15, 0.2) is 34.9 Å². The predicted octanol–water partition coefficient (Wildman–Crippen LogP) is 5.70. The summed E-state index contributed by atoms with van der Waals surface area (Å²) in [4.78, 5) is 14.7. The molecule has 0 aliphatic carbocycles. The van der Waals surface area contributed by atoms with Crippen LogP contribution in [0.3, 0.4) is 0 Å². The lowest BCUT2D eigenvalue weighted by atomic mass is 10.0. The zero-order chi connectivity index (χ0) is 20.0. The summed E-state index contributed by atoms with van der Waals surface area (Å²) in [6.45, 7) is 2.45. The number of hydrogen-bond acceptors (Lipinski definition) is 4. The lowest BCUT2D eigenvalue weighted by molar-refractivity contribution is 0.195. The third-order valence-corrected chi connectivity index (χ3v) is 4.60. The first-order valence-corrected chi connectivity index (χ1v) is 10.3. The van der Waals surface area contributed by atoms with Crippen LogP contribution < -0.4 is 5.32 Å². The minimum Gasteiger partial charge on any atom is -0.465 e. The molecule has 0 saturated heterocycles. The van der Waals surface area contributed by atoms with Crippen LogP contribution in [0.1, 0.15) is 69.7 Å². The van der Waals surface area contributed by atoms with Crippen LogP contribution in [0.25, 0.3) is 17.5 Å². The summed E-state index contributed by atoms with van der Waals surface area (Å²) >= 11 is 0. The van der Waals surface area contributed by atoms with E-state index in [1.165, 1.54) is 56.9 Å². The number of unbranched alkanes of at least 4 members (excludes halogenated alkanes) is 7. The molecule has 1 amide bonds. The quantitative estimate of drug-likeness (QED) is 0.432. The van der Waals surface area contributed by atoms with E-state index in [1.807, 2.05) is 12.1 Å². The summed E-state index contributed by atoms with van der Waals surface area (Å²) in [5.41, 5.74) is 2.24. The van der Waals surface area contributed by atoms with Crippen LogP contribution in [-0.2, 0) is 6.42 Å². The maximum atomic E-state index is 10.4. The van der Waals surface area contributed by atoms with Crippen molar-refractivity contribution in [3.05, 3.63) is 41.8 Å². The first-order chi connectivity index (χ1) is 13.7. The van der Waals surface area contributed by atoms with Crippen LogP contribution in [0, 0.1) is 0 Å². The molecule has 6 heteroatoms. The molecule has 1 aromatic heterocycles. The van der Waals surface area contributed by atoms with Crippen LogP contribution >= 0.6 is 0 Å². The van der Waals surface area contributed by atoms with E-state index in [2.05, 4.69) is 34.5 Å². The molecule has 28 heavy (non-hydrogen) atoms. The van der Waals surface area contributed by atoms with Gasteiger partial charge in [-0.05, 0) is 18.4 Å². The molecule has 2 N–H and O–H groups in total. The smallest absolute Gasteiger partial charge is 0.404 e. The van der Waals surface area contributed by atoms with E-state index in [4.69, 9.17) is 9.63 Å². The molecule has 1 heterocycles. The van der Waals surface area contributed by atoms with Gasteiger partial charge in [0.05, 0.1) is 0 Å². The first-order valence-electron chi connectivity index (χ1n) is 10.3. The average molecular weight is 386 g/mol. The monoisotopic (exact) mass is 385 g/mol. The lowest BCUT2D eigenvalue weighted by Crippen LogP contribution is -2.20. The standard InChI is InChI=1S/C22H31N3O3/c1-2-3-4-5-6-7-8-9-11-18-13-15-19(16-14-18)21-24-20(28-25-21)12-10-17-23-22(26)27/h10,12-16,23H,2-9,11,17H2,1H3,(H,26,27)/b12-10+. The van der Waals surface area contributed by atoms with Gasteiger partial charge in [-0.25, -0.2) is 4.79 Å². The Kier molecular flexibility index (Phi) is 9.83. The summed E-state index contributed by atoms with van der Waals surface area (Å²) < 4.78 is 5.16. The third-order valence-electron chi connectivity index (χ3n) is 4.60. The van der Waals surface area contributed by atoms with E-state index in [0.29, 0.717) is 11.7 Å². The van der Waals surface area contributed by atoms with Gasteiger partial charge in [-0.2, -0.15) is 4.98 Å². The van der Waals surface area contributed by atoms with Gasteiger partial charge in [-0.3, -0.25) is 0 Å². The highest BCUT2D eigenvalue weighted by atomic mass is 16.5. The number of hydrogen-bond donors (Lipinski definition) is 2. The molecule has 0 saturated carbocycles. The maximum Gasteiger partial charge on any atom is 0.404 e. The van der Waals surface area contributed by atoms with Gasteiger partial charge in [0.25, 0.3) is 5.89 Å². The normalized spacial score (nSPS) is 11.2. The van der Waals surface area contributed by atoms with E-state index < -0.39 is 6.09 Å². The average Bonchev–Trinajstić information content (AvgIpc) is 3.16. The number of aromatic nitrogens is 2. The number of rotatable bonds is 13. The number of amides is 1. The van der Waals surface area contributed by atoms with Crippen LogP contribution in [0.4, 0.5) is 4.79 Å². The Bertz CT molecular complexity index is 723. The van der Waals surface area contributed by atoms with Gasteiger partial charge in [-0.15, -0.1) is 0 Å². The fourth-order valence-electron chi connectivity index (χ4n) is 3.01. The zero-order valence-electron chi connectivity index (χ0n) is 16.7. The van der Waals surface area contributed by atoms with Crippen molar-refractivity contribution < 1.29 is 14.4 Å². The highest BCUT2D eigenvalue weighted by molar-refractivity contribution is 5.64. The Morgan fingerprint density at radius 1 is 1.07 bits per heavy atom. The van der Waals surface area contributed by atoms with Crippen molar-refractivity contribution in [1.29, 1.82) is 0 Å². The molecule has 0 aliphatic heterocycles. The Labute approximate surface area is 167 Å².